The van der Waals surface area contributed by atoms with E-state index in [9.17, 15) is 4.79 Å². The highest BCUT2D eigenvalue weighted by atomic mass is 79.9. The van der Waals surface area contributed by atoms with Crippen LogP contribution in [0.25, 0.3) is 10.9 Å². The molecule has 1 amide bonds. The zero-order chi connectivity index (χ0) is 16.5. The molecule has 0 aliphatic carbocycles. The van der Waals surface area contributed by atoms with Crippen molar-refractivity contribution in [1.29, 1.82) is 0 Å². The molecule has 1 atom stereocenters. The normalized spacial score (nSPS) is 17.5. The first kappa shape index (κ1) is 15.3. The number of aromatic amines is 1. The summed E-state index contributed by atoms with van der Waals surface area (Å²) >= 11 is 3.46. The van der Waals surface area contributed by atoms with Crippen LogP contribution >= 0.6 is 15.9 Å². The standard InChI is InChI=1S/C16H16BrN5O2/c17-11-4-3-10-5-6-22(12(10)8-11)9-14(23)18-16-19-15(20-21-16)13-2-1-7-24-13/h3-6,8,13H,1-2,7,9H2,(H2,18,19,20,21,23)/t13-/m0/s1. The fourth-order valence-electron chi connectivity index (χ4n) is 2.88. The van der Waals surface area contributed by atoms with Gasteiger partial charge in [-0.05, 0) is 36.4 Å². The van der Waals surface area contributed by atoms with Crippen LogP contribution < -0.4 is 5.32 Å². The number of nitrogens with one attached hydrogen (secondary N) is 2. The molecule has 1 aromatic carbocycles. The maximum Gasteiger partial charge on any atom is 0.248 e. The molecule has 0 unspecified atom stereocenters. The van der Waals surface area contributed by atoms with Crippen molar-refractivity contribution in [3.05, 3.63) is 40.8 Å². The Kier molecular flexibility index (Phi) is 4.07. The molecule has 1 saturated heterocycles. The first-order chi connectivity index (χ1) is 11.7. The lowest BCUT2D eigenvalue weighted by Gasteiger charge is -2.05. The van der Waals surface area contributed by atoms with Gasteiger partial charge in [0.25, 0.3) is 0 Å². The molecule has 3 heterocycles. The zero-order valence-electron chi connectivity index (χ0n) is 12.8. The first-order valence-electron chi connectivity index (χ1n) is 7.77. The van der Waals surface area contributed by atoms with E-state index in [2.05, 4.69) is 36.4 Å². The van der Waals surface area contributed by atoms with Gasteiger partial charge in [0.15, 0.2) is 5.82 Å². The van der Waals surface area contributed by atoms with E-state index in [4.69, 9.17) is 4.74 Å². The lowest BCUT2D eigenvalue weighted by Crippen LogP contribution is -2.19. The van der Waals surface area contributed by atoms with Crippen molar-refractivity contribution in [2.24, 2.45) is 0 Å². The molecule has 2 N–H and O–H groups in total. The molecule has 0 spiro atoms. The molecule has 124 valence electrons. The Hall–Kier alpha value is -2.19. The first-order valence-corrected chi connectivity index (χ1v) is 8.56. The van der Waals surface area contributed by atoms with Crippen molar-refractivity contribution in [1.82, 2.24) is 19.7 Å². The van der Waals surface area contributed by atoms with Gasteiger partial charge in [-0.1, -0.05) is 22.0 Å². The zero-order valence-corrected chi connectivity index (χ0v) is 14.4. The number of ether oxygens (including phenoxy) is 1. The number of carbonyl (C=O) groups is 1. The van der Waals surface area contributed by atoms with Crippen molar-refractivity contribution in [3.8, 4) is 0 Å². The van der Waals surface area contributed by atoms with E-state index in [-0.39, 0.29) is 24.5 Å². The van der Waals surface area contributed by atoms with Crippen LogP contribution in [0, 0.1) is 0 Å². The predicted molar refractivity (Wildman–Crippen MR) is 92.6 cm³/mol. The Morgan fingerprint density at radius 3 is 3.21 bits per heavy atom. The van der Waals surface area contributed by atoms with Crippen LogP contribution in [0.3, 0.4) is 0 Å². The summed E-state index contributed by atoms with van der Waals surface area (Å²) in [7, 11) is 0. The van der Waals surface area contributed by atoms with Crippen molar-refractivity contribution in [2.45, 2.75) is 25.5 Å². The molecule has 2 aromatic heterocycles. The van der Waals surface area contributed by atoms with E-state index in [0.717, 1.165) is 34.8 Å². The molecular weight excluding hydrogens is 374 g/mol. The van der Waals surface area contributed by atoms with Crippen LogP contribution in [0.1, 0.15) is 24.8 Å². The lowest BCUT2D eigenvalue weighted by atomic mass is 10.2. The third-order valence-electron chi connectivity index (χ3n) is 4.04. The van der Waals surface area contributed by atoms with Gasteiger partial charge in [0.1, 0.15) is 12.6 Å². The largest absolute Gasteiger partial charge is 0.370 e. The van der Waals surface area contributed by atoms with Crippen LogP contribution in [0.2, 0.25) is 0 Å². The van der Waals surface area contributed by atoms with Gasteiger partial charge in [0.2, 0.25) is 11.9 Å². The second-order valence-electron chi connectivity index (χ2n) is 5.74. The smallest absolute Gasteiger partial charge is 0.248 e. The number of nitrogens with zero attached hydrogens (tertiary/aromatic N) is 3. The number of fused-ring (bicyclic) bond motifs is 1. The van der Waals surface area contributed by atoms with Crippen LogP contribution in [0.15, 0.2) is 34.9 Å². The summed E-state index contributed by atoms with van der Waals surface area (Å²) in [6, 6.07) is 7.96. The summed E-state index contributed by atoms with van der Waals surface area (Å²) in [5, 5.41) is 10.7. The SMILES string of the molecule is O=C(Cn1ccc2ccc(Br)cc21)Nc1n[nH]c([C@@H]2CCCO2)n1. The summed E-state index contributed by atoms with van der Waals surface area (Å²) < 4.78 is 8.42. The van der Waals surface area contributed by atoms with E-state index in [1.54, 1.807) is 0 Å². The molecule has 3 aromatic rings. The van der Waals surface area contributed by atoms with Crippen LogP contribution in [0.4, 0.5) is 5.95 Å². The molecule has 0 radical (unpaired) electrons. The van der Waals surface area contributed by atoms with Crippen molar-refractivity contribution < 1.29 is 9.53 Å². The fraction of sp³-hybridized carbons (Fsp3) is 0.312. The summed E-state index contributed by atoms with van der Waals surface area (Å²) in [5.41, 5.74) is 0.995. The minimum atomic E-state index is -0.176. The van der Waals surface area contributed by atoms with Crippen LogP contribution in [-0.2, 0) is 16.1 Å². The summed E-state index contributed by atoms with van der Waals surface area (Å²) in [4.78, 5) is 16.6. The van der Waals surface area contributed by atoms with Gasteiger partial charge in [-0.2, -0.15) is 4.98 Å². The minimum Gasteiger partial charge on any atom is -0.370 e. The molecule has 1 aliphatic rings. The quantitative estimate of drug-likeness (QED) is 0.717. The number of hydrogen-bond acceptors (Lipinski definition) is 4. The second kappa shape index (κ2) is 6.37. The van der Waals surface area contributed by atoms with Gasteiger partial charge in [0, 0.05) is 22.8 Å². The Bertz CT molecular complexity index is 882. The number of benzene rings is 1. The Balaban J connectivity index is 1.45. The van der Waals surface area contributed by atoms with E-state index < -0.39 is 0 Å². The highest BCUT2D eigenvalue weighted by Crippen LogP contribution is 2.26. The fourth-order valence-corrected chi connectivity index (χ4v) is 3.23. The highest BCUT2D eigenvalue weighted by molar-refractivity contribution is 9.10. The number of anilines is 1. The van der Waals surface area contributed by atoms with Gasteiger partial charge >= 0.3 is 0 Å². The Morgan fingerprint density at radius 2 is 2.38 bits per heavy atom. The third kappa shape index (κ3) is 3.07. The number of carbonyl (C=O) groups excluding carboxylic acids is 1. The van der Waals surface area contributed by atoms with Gasteiger partial charge in [-0.3, -0.25) is 15.2 Å². The van der Waals surface area contributed by atoms with Crippen LogP contribution in [0.5, 0.6) is 0 Å². The molecule has 1 fully saturated rings. The molecule has 7 nitrogen and oxygen atoms in total. The van der Waals surface area contributed by atoms with E-state index >= 15 is 0 Å². The monoisotopic (exact) mass is 389 g/mol. The molecule has 0 bridgehead atoms. The average molecular weight is 390 g/mol. The van der Waals surface area contributed by atoms with E-state index in [0.29, 0.717) is 5.82 Å². The molecule has 1 aliphatic heterocycles. The number of aromatic nitrogens is 4. The van der Waals surface area contributed by atoms with Crippen LogP contribution in [-0.4, -0.2) is 32.3 Å². The summed E-state index contributed by atoms with van der Waals surface area (Å²) in [5.74, 6) is 0.770. The van der Waals surface area contributed by atoms with Crippen molar-refractivity contribution in [3.63, 3.8) is 0 Å². The number of hydrogen-bond donors (Lipinski definition) is 2. The van der Waals surface area contributed by atoms with Crippen molar-refractivity contribution in [2.75, 3.05) is 11.9 Å². The van der Waals surface area contributed by atoms with E-state index in [1.165, 1.54) is 0 Å². The predicted octanol–water partition coefficient (Wildman–Crippen LogP) is 3.01. The Morgan fingerprint density at radius 1 is 1.46 bits per heavy atom. The highest BCUT2D eigenvalue weighted by Gasteiger charge is 2.21. The van der Waals surface area contributed by atoms with Gasteiger partial charge in [-0.15, -0.1) is 5.10 Å². The van der Waals surface area contributed by atoms with Gasteiger partial charge in [0.05, 0.1) is 0 Å². The van der Waals surface area contributed by atoms with Gasteiger partial charge < -0.3 is 9.30 Å². The number of amides is 1. The minimum absolute atomic E-state index is 0.0473. The lowest BCUT2D eigenvalue weighted by molar-refractivity contribution is -0.116. The van der Waals surface area contributed by atoms with Gasteiger partial charge in [-0.25, -0.2) is 0 Å². The maximum absolute atomic E-state index is 12.3. The summed E-state index contributed by atoms with van der Waals surface area (Å²) in [6.45, 7) is 0.938. The molecule has 8 heteroatoms. The third-order valence-corrected chi connectivity index (χ3v) is 4.53. The topological polar surface area (TPSA) is 84.8 Å². The maximum atomic E-state index is 12.3. The summed E-state index contributed by atoms with van der Waals surface area (Å²) in [6.07, 6.45) is 3.79. The molecule has 24 heavy (non-hydrogen) atoms. The number of rotatable bonds is 4. The second-order valence-corrected chi connectivity index (χ2v) is 6.66. The number of halogens is 1. The molecule has 4 rings (SSSR count). The van der Waals surface area contributed by atoms with Crippen molar-refractivity contribution >= 4 is 38.7 Å². The number of H-pyrrole nitrogens is 1. The Labute approximate surface area is 146 Å². The molecular formula is C16H16BrN5O2. The average Bonchev–Trinajstić information content (AvgIpc) is 3.28. The van der Waals surface area contributed by atoms with E-state index in [1.807, 2.05) is 35.0 Å². The molecule has 0 saturated carbocycles.